The third-order valence-electron chi connectivity index (χ3n) is 3.69. The second kappa shape index (κ2) is 5.85. The average Bonchev–Trinajstić information content (AvgIpc) is 2.93. The highest BCUT2D eigenvalue weighted by atomic mass is 32.2. The van der Waals surface area contributed by atoms with E-state index < -0.39 is 0 Å². The van der Waals surface area contributed by atoms with Gasteiger partial charge in [0.15, 0.2) is 0 Å². The number of hydrogen-bond acceptors (Lipinski definition) is 2. The zero-order valence-corrected chi connectivity index (χ0v) is 12.1. The molecule has 1 aliphatic heterocycles. The Kier molecular flexibility index (Phi) is 3.95. The highest BCUT2D eigenvalue weighted by Crippen LogP contribution is 2.35. The van der Waals surface area contributed by atoms with Crippen molar-refractivity contribution in [1.82, 2.24) is 9.88 Å². The van der Waals surface area contributed by atoms with E-state index in [0.29, 0.717) is 6.04 Å². The summed E-state index contributed by atoms with van der Waals surface area (Å²) in [5.74, 6) is 1.21. The number of rotatable bonds is 4. The minimum Gasteiger partial charge on any atom is -0.354 e. The number of aryl methyl sites for hydroxylation is 1. The molecule has 1 N–H and O–H groups in total. The lowest BCUT2D eigenvalue weighted by atomic mass is 10.0. The molecule has 2 aromatic rings. The van der Waals surface area contributed by atoms with Crippen molar-refractivity contribution in [3.63, 3.8) is 0 Å². The first-order valence-corrected chi connectivity index (χ1v) is 7.95. The maximum atomic E-state index is 3.70. The molecule has 0 spiro atoms. The van der Waals surface area contributed by atoms with Crippen LogP contribution >= 0.6 is 11.8 Å². The molecule has 0 fully saturated rings. The predicted molar refractivity (Wildman–Crippen MR) is 81.5 cm³/mol. The summed E-state index contributed by atoms with van der Waals surface area (Å²) in [7, 11) is 0. The van der Waals surface area contributed by atoms with Gasteiger partial charge in [0, 0.05) is 36.4 Å². The Morgan fingerprint density at radius 1 is 1.32 bits per heavy atom. The van der Waals surface area contributed by atoms with E-state index in [9.17, 15) is 0 Å². The molecule has 3 rings (SSSR count). The molecule has 0 saturated carbocycles. The summed E-state index contributed by atoms with van der Waals surface area (Å²) in [5.41, 5.74) is 2.84. The summed E-state index contributed by atoms with van der Waals surface area (Å²) in [6, 6.07) is 11.5. The molecule has 3 heteroatoms. The zero-order chi connectivity index (χ0) is 13.1. The second-order valence-electron chi connectivity index (χ2n) is 4.96. The third-order valence-corrected chi connectivity index (χ3v) is 4.81. The van der Waals surface area contributed by atoms with Gasteiger partial charge in [0.05, 0.1) is 0 Å². The number of nitrogens with one attached hydrogen (secondary N) is 1. The smallest absolute Gasteiger partial charge is 0.0342 e. The van der Waals surface area contributed by atoms with Crippen molar-refractivity contribution in [2.45, 2.75) is 37.4 Å². The van der Waals surface area contributed by atoms with Crippen molar-refractivity contribution in [3.05, 3.63) is 53.9 Å². The lowest BCUT2D eigenvalue weighted by Gasteiger charge is -2.25. The number of fused-ring (bicyclic) bond motifs is 1. The lowest BCUT2D eigenvalue weighted by molar-refractivity contribution is 0.509. The first-order valence-electron chi connectivity index (χ1n) is 6.96. The Balaban J connectivity index is 1.68. The van der Waals surface area contributed by atoms with E-state index >= 15 is 0 Å². The van der Waals surface area contributed by atoms with Crippen molar-refractivity contribution < 1.29 is 0 Å². The number of thioether (sulfide) groups is 1. The standard InChI is InChI=1S/C16H20N2S/c1-2-18-9-7-13(12-18)11-17-15-8-10-19-16-6-4-3-5-14(15)16/h3-7,9,12,15,17H,2,8,10-11H2,1H3. The predicted octanol–water partition coefficient (Wildman–Crippen LogP) is 3.83. The Hall–Kier alpha value is -1.19. The van der Waals surface area contributed by atoms with E-state index in [1.165, 1.54) is 28.2 Å². The number of benzene rings is 1. The fourth-order valence-electron chi connectivity index (χ4n) is 2.59. The van der Waals surface area contributed by atoms with E-state index in [-0.39, 0.29) is 0 Å². The normalized spacial score (nSPS) is 18.3. The Bertz CT molecular complexity index is 547. The lowest BCUT2D eigenvalue weighted by Crippen LogP contribution is -2.24. The molecule has 0 aliphatic carbocycles. The van der Waals surface area contributed by atoms with Crippen LogP contribution in [0.5, 0.6) is 0 Å². The van der Waals surface area contributed by atoms with Crippen LogP contribution in [0, 0.1) is 0 Å². The van der Waals surface area contributed by atoms with Crippen molar-refractivity contribution in [1.29, 1.82) is 0 Å². The van der Waals surface area contributed by atoms with Gasteiger partial charge >= 0.3 is 0 Å². The maximum Gasteiger partial charge on any atom is 0.0342 e. The Labute approximate surface area is 119 Å². The fourth-order valence-corrected chi connectivity index (χ4v) is 3.71. The zero-order valence-electron chi connectivity index (χ0n) is 11.3. The van der Waals surface area contributed by atoms with Gasteiger partial charge in [-0.2, -0.15) is 0 Å². The number of aromatic nitrogens is 1. The second-order valence-corrected chi connectivity index (χ2v) is 6.10. The van der Waals surface area contributed by atoms with Crippen molar-refractivity contribution >= 4 is 11.8 Å². The third kappa shape index (κ3) is 2.88. The van der Waals surface area contributed by atoms with Crippen LogP contribution in [0.25, 0.3) is 0 Å². The monoisotopic (exact) mass is 272 g/mol. The summed E-state index contributed by atoms with van der Waals surface area (Å²) in [6.45, 7) is 4.17. The molecule has 0 saturated heterocycles. The summed E-state index contributed by atoms with van der Waals surface area (Å²) in [6.07, 6.45) is 5.61. The van der Waals surface area contributed by atoms with Crippen LogP contribution in [0.15, 0.2) is 47.6 Å². The average molecular weight is 272 g/mol. The van der Waals surface area contributed by atoms with Crippen LogP contribution in [0.2, 0.25) is 0 Å². The van der Waals surface area contributed by atoms with Crippen LogP contribution in [-0.2, 0) is 13.1 Å². The molecule has 0 amide bonds. The molecule has 2 heterocycles. The summed E-state index contributed by atoms with van der Waals surface area (Å²) < 4.78 is 2.22. The first kappa shape index (κ1) is 12.8. The van der Waals surface area contributed by atoms with E-state index in [1.54, 1.807) is 0 Å². The first-order chi connectivity index (χ1) is 9.36. The topological polar surface area (TPSA) is 17.0 Å². The minimum atomic E-state index is 0.502. The van der Waals surface area contributed by atoms with Gasteiger partial charge in [-0.1, -0.05) is 18.2 Å². The van der Waals surface area contributed by atoms with Gasteiger partial charge in [-0.05, 0) is 42.4 Å². The van der Waals surface area contributed by atoms with Gasteiger partial charge in [-0.15, -0.1) is 11.8 Å². The highest BCUT2D eigenvalue weighted by molar-refractivity contribution is 7.99. The van der Waals surface area contributed by atoms with E-state index in [0.717, 1.165) is 13.1 Å². The Morgan fingerprint density at radius 2 is 2.21 bits per heavy atom. The molecule has 1 atom stereocenters. The van der Waals surface area contributed by atoms with Crippen LogP contribution in [-0.4, -0.2) is 10.3 Å². The molecular weight excluding hydrogens is 252 g/mol. The minimum absolute atomic E-state index is 0.502. The molecule has 0 bridgehead atoms. The summed E-state index contributed by atoms with van der Waals surface area (Å²) in [4.78, 5) is 1.44. The van der Waals surface area contributed by atoms with E-state index in [4.69, 9.17) is 0 Å². The number of hydrogen-bond donors (Lipinski definition) is 1. The highest BCUT2D eigenvalue weighted by Gasteiger charge is 2.19. The number of nitrogens with zero attached hydrogens (tertiary/aromatic N) is 1. The van der Waals surface area contributed by atoms with Gasteiger partial charge < -0.3 is 9.88 Å². The molecule has 1 aromatic carbocycles. The summed E-state index contributed by atoms with van der Waals surface area (Å²) in [5, 5.41) is 3.70. The quantitative estimate of drug-likeness (QED) is 0.911. The van der Waals surface area contributed by atoms with Gasteiger partial charge in [-0.25, -0.2) is 0 Å². The van der Waals surface area contributed by atoms with E-state index in [2.05, 4.69) is 59.5 Å². The largest absolute Gasteiger partial charge is 0.354 e. The van der Waals surface area contributed by atoms with Gasteiger partial charge in [0.1, 0.15) is 0 Å². The van der Waals surface area contributed by atoms with Crippen LogP contribution in [0.3, 0.4) is 0 Å². The molecule has 1 aromatic heterocycles. The van der Waals surface area contributed by atoms with Crippen molar-refractivity contribution in [3.8, 4) is 0 Å². The maximum absolute atomic E-state index is 3.70. The molecular formula is C16H20N2S. The molecule has 2 nitrogen and oxygen atoms in total. The SMILES string of the molecule is CCn1ccc(CNC2CCSc3ccccc32)c1. The van der Waals surface area contributed by atoms with Crippen molar-refractivity contribution in [2.75, 3.05) is 5.75 Å². The Morgan fingerprint density at radius 3 is 3.05 bits per heavy atom. The molecule has 0 radical (unpaired) electrons. The summed E-state index contributed by atoms with van der Waals surface area (Å²) >= 11 is 1.98. The van der Waals surface area contributed by atoms with E-state index in [1.807, 2.05) is 11.8 Å². The van der Waals surface area contributed by atoms with Crippen molar-refractivity contribution in [2.24, 2.45) is 0 Å². The van der Waals surface area contributed by atoms with Gasteiger partial charge in [0.2, 0.25) is 0 Å². The molecule has 100 valence electrons. The van der Waals surface area contributed by atoms with Crippen LogP contribution < -0.4 is 5.32 Å². The molecule has 1 aliphatic rings. The molecule has 1 unspecified atom stereocenters. The van der Waals surface area contributed by atoms with Gasteiger partial charge in [0.25, 0.3) is 0 Å². The molecule has 19 heavy (non-hydrogen) atoms. The van der Waals surface area contributed by atoms with Crippen LogP contribution in [0.1, 0.15) is 30.5 Å². The van der Waals surface area contributed by atoms with Gasteiger partial charge in [-0.3, -0.25) is 0 Å². The van der Waals surface area contributed by atoms with Crippen LogP contribution in [0.4, 0.5) is 0 Å². The fraction of sp³-hybridized carbons (Fsp3) is 0.375.